The maximum Gasteiger partial charge on any atom is 0.404 e. The van der Waals surface area contributed by atoms with Gasteiger partial charge >= 0.3 is 6.09 Å². The van der Waals surface area contributed by atoms with Gasteiger partial charge in [-0.2, -0.15) is 0 Å². The number of aromatic nitrogens is 2. The minimum absolute atomic E-state index is 0.181. The molecule has 16 heavy (non-hydrogen) atoms. The van der Waals surface area contributed by atoms with Crippen molar-refractivity contribution in [2.75, 3.05) is 24.2 Å². The summed E-state index contributed by atoms with van der Waals surface area (Å²) in [5, 5.41) is 2.95. The second kappa shape index (κ2) is 5.74. The molecular formula is C9H15N5O2. The number of carbonyl (C=O) groups is 1. The van der Waals surface area contributed by atoms with Crippen molar-refractivity contribution in [2.45, 2.75) is 13.3 Å². The summed E-state index contributed by atoms with van der Waals surface area (Å²) in [6.45, 7) is 2.54. The number of nitrogens with one attached hydrogen (secondary N) is 1. The zero-order valence-corrected chi connectivity index (χ0v) is 9.06. The van der Waals surface area contributed by atoms with Gasteiger partial charge in [-0.1, -0.05) is 6.92 Å². The molecule has 5 N–H and O–H groups in total. The molecule has 7 nitrogen and oxygen atoms in total. The van der Waals surface area contributed by atoms with E-state index in [2.05, 4.69) is 20.0 Å². The Labute approximate surface area is 93.2 Å². The molecule has 0 aliphatic carbocycles. The molecule has 0 bridgehead atoms. The number of primary amides is 1. The van der Waals surface area contributed by atoms with Crippen LogP contribution in [0.3, 0.4) is 0 Å². The van der Waals surface area contributed by atoms with Gasteiger partial charge < -0.3 is 21.5 Å². The number of ether oxygens (including phenoxy) is 1. The fourth-order valence-electron chi connectivity index (χ4n) is 1.10. The Morgan fingerprint density at radius 3 is 2.94 bits per heavy atom. The van der Waals surface area contributed by atoms with E-state index in [0.29, 0.717) is 30.4 Å². The summed E-state index contributed by atoms with van der Waals surface area (Å²) < 4.78 is 4.55. The average molecular weight is 225 g/mol. The number of hydrogen-bond donors (Lipinski definition) is 3. The number of nitrogen functional groups attached to an aromatic ring is 1. The van der Waals surface area contributed by atoms with Gasteiger partial charge in [-0.15, -0.1) is 0 Å². The number of amides is 1. The molecule has 0 fully saturated rings. The van der Waals surface area contributed by atoms with Crippen LogP contribution in [0.25, 0.3) is 0 Å². The number of rotatable bonds is 5. The fraction of sp³-hybridized carbons (Fsp3) is 0.444. The van der Waals surface area contributed by atoms with Crippen molar-refractivity contribution in [3.63, 3.8) is 0 Å². The molecule has 0 unspecified atom stereocenters. The Morgan fingerprint density at radius 2 is 2.31 bits per heavy atom. The summed E-state index contributed by atoms with van der Waals surface area (Å²) in [4.78, 5) is 18.5. The first kappa shape index (κ1) is 12.0. The SMILES string of the molecule is CCc1nc(N)cc(NCCOC(N)=O)n1. The van der Waals surface area contributed by atoms with Gasteiger partial charge in [0.05, 0.1) is 6.54 Å². The highest BCUT2D eigenvalue weighted by atomic mass is 16.5. The molecule has 0 aliphatic heterocycles. The van der Waals surface area contributed by atoms with E-state index in [1.54, 1.807) is 6.07 Å². The van der Waals surface area contributed by atoms with Gasteiger partial charge in [0, 0.05) is 12.5 Å². The van der Waals surface area contributed by atoms with Crippen molar-refractivity contribution in [2.24, 2.45) is 5.73 Å². The molecule has 0 radical (unpaired) electrons. The number of carbonyl (C=O) groups excluding carboxylic acids is 1. The molecule has 1 aromatic heterocycles. The van der Waals surface area contributed by atoms with Crippen LogP contribution in [0.5, 0.6) is 0 Å². The first-order valence-electron chi connectivity index (χ1n) is 4.91. The van der Waals surface area contributed by atoms with Crippen molar-refractivity contribution >= 4 is 17.7 Å². The van der Waals surface area contributed by atoms with Gasteiger partial charge in [0.15, 0.2) is 0 Å². The van der Waals surface area contributed by atoms with Gasteiger partial charge in [0.2, 0.25) is 0 Å². The van der Waals surface area contributed by atoms with Gasteiger partial charge in [0.25, 0.3) is 0 Å². The maximum absolute atomic E-state index is 10.3. The molecule has 0 saturated heterocycles. The van der Waals surface area contributed by atoms with E-state index in [4.69, 9.17) is 11.5 Å². The Balaban J connectivity index is 2.47. The first-order valence-corrected chi connectivity index (χ1v) is 4.91. The first-order chi connectivity index (χ1) is 7.61. The van der Waals surface area contributed by atoms with Crippen molar-refractivity contribution < 1.29 is 9.53 Å². The highest BCUT2D eigenvalue weighted by Crippen LogP contribution is 2.08. The van der Waals surface area contributed by atoms with Crippen molar-refractivity contribution in [1.29, 1.82) is 0 Å². The summed E-state index contributed by atoms with van der Waals surface area (Å²) in [6, 6.07) is 1.61. The summed E-state index contributed by atoms with van der Waals surface area (Å²) in [5.41, 5.74) is 10.4. The van der Waals surface area contributed by atoms with Crippen LogP contribution >= 0.6 is 0 Å². The lowest BCUT2D eigenvalue weighted by Crippen LogP contribution is -2.19. The van der Waals surface area contributed by atoms with Crippen LogP contribution in [0, 0.1) is 0 Å². The minimum atomic E-state index is -0.793. The lowest BCUT2D eigenvalue weighted by molar-refractivity contribution is 0.161. The molecule has 0 spiro atoms. The summed E-state index contributed by atoms with van der Waals surface area (Å²) >= 11 is 0. The Morgan fingerprint density at radius 1 is 1.56 bits per heavy atom. The summed E-state index contributed by atoms with van der Waals surface area (Å²) in [6.07, 6.45) is -0.0874. The van der Waals surface area contributed by atoms with E-state index in [0.717, 1.165) is 0 Å². The van der Waals surface area contributed by atoms with E-state index in [1.807, 2.05) is 6.92 Å². The standard InChI is InChI=1S/C9H15N5O2/c1-2-7-13-6(10)5-8(14-7)12-3-4-16-9(11)15/h5H,2-4H2,1H3,(H2,11,15)(H3,10,12,13,14). The Hall–Kier alpha value is -2.05. The topological polar surface area (TPSA) is 116 Å². The molecule has 0 atom stereocenters. The van der Waals surface area contributed by atoms with Crippen molar-refractivity contribution in [3.8, 4) is 0 Å². The third kappa shape index (κ3) is 3.99. The number of hydrogen-bond acceptors (Lipinski definition) is 6. The number of anilines is 2. The molecule has 1 rings (SSSR count). The largest absolute Gasteiger partial charge is 0.448 e. The van der Waals surface area contributed by atoms with Crippen LogP contribution < -0.4 is 16.8 Å². The van der Waals surface area contributed by atoms with E-state index < -0.39 is 6.09 Å². The third-order valence-electron chi connectivity index (χ3n) is 1.76. The molecule has 0 saturated carbocycles. The minimum Gasteiger partial charge on any atom is -0.448 e. The van der Waals surface area contributed by atoms with Crippen LogP contribution in [0.4, 0.5) is 16.4 Å². The van der Waals surface area contributed by atoms with E-state index in [-0.39, 0.29) is 6.61 Å². The highest BCUT2D eigenvalue weighted by Gasteiger charge is 2.00. The molecular weight excluding hydrogens is 210 g/mol. The molecule has 1 amide bonds. The van der Waals surface area contributed by atoms with Crippen LogP contribution in [0.1, 0.15) is 12.7 Å². The maximum atomic E-state index is 10.3. The van der Waals surface area contributed by atoms with Crippen LogP contribution in [0.2, 0.25) is 0 Å². The van der Waals surface area contributed by atoms with Gasteiger partial charge in [0.1, 0.15) is 24.1 Å². The quantitative estimate of drug-likeness (QED) is 0.613. The number of aryl methyl sites for hydroxylation is 1. The van der Waals surface area contributed by atoms with Crippen LogP contribution in [-0.2, 0) is 11.2 Å². The fourth-order valence-corrected chi connectivity index (χ4v) is 1.10. The lowest BCUT2D eigenvalue weighted by Gasteiger charge is -2.07. The van der Waals surface area contributed by atoms with Crippen molar-refractivity contribution in [3.05, 3.63) is 11.9 Å². The van der Waals surface area contributed by atoms with Crippen molar-refractivity contribution in [1.82, 2.24) is 9.97 Å². The number of nitrogens with two attached hydrogens (primary N) is 2. The molecule has 1 aromatic rings. The highest BCUT2D eigenvalue weighted by molar-refractivity contribution is 5.64. The monoisotopic (exact) mass is 225 g/mol. The van der Waals surface area contributed by atoms with Crippen LogP contribution in [0.15, 0.2) is 6.07 Å². The van der Waals surface area contributed by atoms with Gasteiger partial charge in [-0.05, 0) is 0 Å². The van der Waals surface area contributed by atoms with Gasteiger partial charge in [-0.3, -0.25) is 0 Å². The molecule has 0 aliphatic rings. The Bertz CT molecular complexity index is 369. The summed E-state index contributed by atoms with van der Waals surface area (Å²) in [7, 11) is 0. The van der Waals surface area contributed by atoms with Crippen LogP contribution in [-0.4, -0.2) is 29.2 Å². The molecule has 7 heteroatoms. The van der Waals surface area contributed by atoms with E-state index in [9.17, 15) is 4.79 Å². The second-order valence-corrected chi connectivity index (χ2v) is 3.04. The normalized spacial score (nSPS) is 9.81. The second-order valence-electron chi connectivity index (χ2n) is 3.04. The smallest absolute Gasteiger partial charge is 0.404 e. The molecule has 0 aromatic carbocycles. The molecule has 1 heterocycles. The predicted octanol–water partition coefficient (Wildman–Crippen LogP) is 0.128. The summed E-state index contributed by atoms with van der Waals surface area (Å²) in [5.74, 6) is 1.68. The molecule has 88 valence electrons. The average Bonchev–Trinajstić information content (AvgIpc) is 2.23. The van der Waals surface area contributed by atoms with E-state index in [1.165, 1.54) is 0 Å². The van der Waals surface area contributed by atoms with E-state index >= 15 is 0 Å². The zero-order valence-electron chi connectivity index (χ0n) is 9.06. The number of nitrogens with zero attached hydrogens (tertiary/aromatic N) is 2. The zero-order chi connectivity index (χ0) is 12.0. The third-order valence-corrected chi connectivity index (χ3v) is 1.76. The predicted molar refractivity (Wildman–Crippen MR) is 59.8 cm³/mol. The van der Waals surface area contributed by atoms with Gasteiger partial charge in [-0.25, -0.2) is 14.8 Å². The lowest BCUT2D eigenvalue weighted by atomic mass is 10.4. The Kier molecular flexibility index (Phi) is 4.31.